The zero-order chi connectivity index (χ0) is 20.7. The van der Waals surface area contributed by atoms with Crippen molar-refractivity contribution in [3.8, 4) is 33.6 Å². The summed E-state index contributed by atoms with van der Waals surface area (Å²) in [6.07, 6.45) is -0.996. The van der Waals surface area contributed by atoms with Gasteiger partial charge in [-0.15, -0.1) is 0 Å². The SMILES string of the molecule is Cc1oc(-c2ccccc2)cc1-c1c(C#N)c(N)nc2sc(OC(N)=O)c(N)c12. The highest BCUT2D eigenvalue weighted by atomic mass is 32.1. The monoisotopic (exact) mass is 405 g/mol. The van der Waals surface area contributed by atoms with Crippen LogP contribution in [0.15, 0.2) is 40.8 Å². The first-order valence-electron chi connectivity index (χ1n) is 8.45. The molecule has 6 N–H and O–H groups in total. The number of nitrogens with zero attached hydrogens (tertiary/aromatic N) is 2. The van der Waals surface area contributed by atoms with Crippen molar-refractivity contribution in [1.82, 2.24) is 4.98 Å². The molecule has 1 aromatic carbocycles. The Kier molecular flexibility index (Phi) is 4.33. The van der Waals surface area contributed by atoms with Crippen molar-refractivity contribution in [1.29, 1.82) is 5.26 Å². The molecular weight excluding hydrogens is 390 g/mol. The first-order chi connectivity index (χ1) is 13.9. The summed E-state index contributed by atoms with van der Waals surface area (Å²) in [6.45, 7) is 1.79. The van der Waals surface area contributed by atoms with E-state index < -0.39 is 6.09 Å². The van der Waals surface area contributed by atoms with Gasteiger partial charge in [-0.2, -0.15) is 5.26 Å². The number of furan rings is 1. The minimum absolute atomic E-state index is 0.0451. The molecule has 0 saturated heterocycles. The molecule has 8 nitrogen and oxygen atoms in total. The number of amides is 1. The standard InChI is InChI=1S/C20H15N5O3S/c1-9-11(7-13(27-9)10-5-3-2-4-6-10)14-12(8-21)17(23)25-18-15(14)16(22)19(29-18)28-20(24)26/h2-7H,22H2,1H3,(H2,23,25)(H2,24,26). The average Bonchev–Trinajstić information content (AvgIpc) is 3.21. The molecule has 0 radical (unpaired) electrons. The minimum atomic E-state index is -0.996. The summed E-state index contributed by atoms with van der Waals surface area (Å²) in [5.41, 5.74) is 19.7. The maximum atomic E-state index is 11.2. The minimum Gasteiger partial charge on any atom is -0.461 e. The molecule has 0 aliphatic rings. The number of hydrogen-bond donors (Lipinski definition) is 3. The van der Waals surface area contributed by atoms with Crippen molar-refractivity contribution in [2.24, 2.45) is 5.73 Å². The van der Waals surface area contributed by atoms with Gasteiger partial charge in [0, 0.05) is 22.1 Å². The van der Waals surface area contributed by atoms with Crippen LogP contribution in [0.1, 0.15) is 11.3 Å². The van der Waals surface area contributed by atoms with E-state index >= 15 is 0 Å². The third kappa shape index (κ3) is 3.01. The Morgan fingerprint density at radius 2 is 2.00 bits per heavy atom. The summed E-state index contributed by atoms with van der Waals surface area (Å²) in [5.74, 6) is 1.26. The zero-order valence-electron chi connectivity index (χ0n) is 15.2. The Morgan fingerprint density at radius 1 is 1.28 bits per heavy atom. The maximum absolute atomic E-state index is 11.2. The van der Waals surface area contributed by atoms with Gasteiger partial charge in [0.05, 0.1) is 5.69 Å². The fourth-order valence-electron chi connectivity index (χ4n) is 3.17. The summed E-state index contributed by atoms with van der Waals surface area (Å²) in [6, 6.07) is 13.5. The molecular formula is C20H15N5O3S. The van der Waals surface area contributed by atoms with Gasteiger partial charge in [0.2, 0.25) is 5.06 Å². The number of thiophene rings is 1. The maximum Gasteiger partial charge on any atom is 0.410 e. The topological polar surface area (TPSA) is 154 Å². The molecule has 9 heteroatoms. The second kappa shape index (κ2) is 6.85. The fourth-order valence-corrected chi connectivity index (χ4v) is 4.14. The molecule has 0 spiro atoms. The molecule has 0 fully saturated rings. The van der Waals surface area contributed by atoms with Crippen molar-refractivity contribution in [2.75, 3.05) is 11.5 Å². The summed E-state index contributed by atoms with van der Waals surface area (Å²) >= 11 is 1.02. The molecule has 4 aromatic rings. The third-order valence-corrected chi connectivity index (χ3v) is 5.40. The van der Waals surface area contributed by atoms with Crippen molar-refractivity contribution >= 4 is 39.2 Å². The van der Waals surface area contributed by atoms with E-state index in [0.29, 0.717) is 32.9 Å². The molecule has 144 valence electrons. The quantitative estimate of drug-likeness (QED) is 0.465. The van der Waals surface area contributed by atoms with E-state index in [0.717, 1.165) is 16.9 Å². The summed E-state index contributed by atoms with van der Waals surface area (Å²) in [4.78, 5) is 15.9. The van der Waals surface area contributed by atoms with Gasteiger partial charge in [0.25, 0.3) is 0 Å². The van der Waals surface area contributed by atoms with E-state index in [1.54, 1.807) is 6.92 Å². The number of aromatic nitrogens is 1. The second-order valence-corrected chi connectivity index (χ2v) is 7.17. The van der Waals surface area contributed by atoms with Gasteiger partial charge < -0.3 is 26.4 Å². The predicted octanol–water partition coefficient (Wildman–Crippen LogP) is 4.03. The molecule has 1 amide bonds. The smallest absolute Gasteiger partial charge is 0.410 e. The molecule has 3 aromatic heterocycles. The van der Waals surface area contributed by atoms with Crippen LogP contribution in [0.5, 0.6) is 5.06 Å². The summed E-state index contributed by atoms with van der Waals surface area (Å²) < 4.78 is 10.9. The number of carbonyl (C=O) groups is 1. The normalized spacial score (nSPS) is 10.8. The number of fused-ring (bicyclic) bond motifs is 1. The number of nitriles is 1. The average molecular weight is 405 g/mol. The Morgan fingerprint density at radius 3 is 2.66 bits per heavy atom. The largest absolute Gasteiger partial charge is 0.461 e. The third-order valence-electron chi connectivity index (χ3n) is 4.42. The number of rotatable bonds is 3. The number of ether oxygens (including phenoxy) is 1. The molecule has 4 rings (SSSR count). The predicted molar refractivity (Wildman–Crippen MR) is 111 cm³/mol. The molecule has 0 aliphatic carbocycles. The lowest BCUT2D eigenvalue weighted by molar-refractivity contribution is 0.212. The number of aryl methyl sites for hydroxylation is 1. The summed E-state index contributed by atoms with van der Waals surface area (Å²) in [7, 11) is 0. The molecule has 0 atom stereocenters. The summed E-state index contributed by atoms with van der Waals surface area (Å²) in [5, 5.41) is 10.3. The van der Waals surface area contributed by atoms with Gasteiger partial charge in [-0.25, -0.2) is 9.78 Å². The van der Waals surface area contributed by atoms with Crippen molar-refractivity contribution < 1.29 is 13.9 Å². The highest BCUT2D eigenvalue weighted by molar-refractivity contribution is 7.21. The van der Waals surface area contributed by atoms with Gasteiger partial charge >= 0.3 is 6.09 Å². The fraction of sp³-hybridized carbons (Fsp3) is 0.0500. The van der Waals surface area contributed by atoms with Crippen molar-refractivity contribution in [3.05, 3.63) is 47.7 Å². The number of benzene rings is 1. The van der Waals surface area contributed by atoms with E-state index in [2.05, 4.69) is 11.1 Å². The van der Waals surface area contributed by atoms with Crippen LogP contribution in [-0.4, -0.2) is 11.1 Å². The molecule has 29 heavy (non-hydrogen) atoms. The lowest BCUT2D eigenvalue weighted by atomic mass is 9.97. The van der Waals surface area contributed by atoms with E-state index in [4.69, 9.17) is 26.4 Å². The van der Waals surface area contributed by atoms with Crippen LogP contribution in [0.25, 0.3) is 32.7 Å². The van der Waals surface area contributed by atoms with Crippen LogP contribution in [0.4, 0.5) is 16.3 Å². The first-order valence-corrected chi connectivity index (χ1v) is 9.27. The van der Waals surface area contributed by atoms with E-state index in [-0.39, 0.29) is 22.1 Å². The Hall–Kier alpha value is -4.03. The van der Waals surface area contributed by atoms with Crippen molar-refractivity contribution in [3.63, 3.8) is 0 Å². The number of pyridine rings is 1. The van der Waals surface area contributed by atoms with Crippen LogP contribution < -0.4 is 21.9 Å². The molecule has 0 aliphatic heterocycles. The number of nitrogens with two attached hydrogens (primary N) is 3. The van der Waals surface area contributed by atoms with Crippen LogP contribution >= 0.6 is 11.3 Å². The van der Waals surface area contributed by atoms with Crippen LogP contribution in [0.3, 0.4) is 0 Å². The van der Waals surface area contributed by atoms with Gasteiger partial charge in [0.1, 0.15) is 33.8 Å². The number of anilines is 2. The number of primary amides is 1. The first kappa shape index (κ1) is 18.3. The van der Waals surface area contributed by atoms with Crippen molar-refractivity contribution in [2.45, 2.75) is 6.92 Å². The Bertz CT molecular complexity index is 1300. The lowest BCUT2D eigenvalue weighted by Gasteiger charge is -2.08. The number of carbonyl (C=O) groups excluding carboxylic acids is 1. The molecule has 0 saturated carbocycles. The van der Waals surface area contributed by atoms with Gasteiger partial charge in [-0.1, -0.05) is 41.7 Å². The highest BCUT2D eigenvalue weighted by Crippen LogP contribution is 2.47. The van der Waals surface area contributed by atoms with Gasteiger partial charge in [-0.3, -0.25) is 0 Å². The van der Waals surface area contributed by atoms with Crippen LogP contribution in [-0.2, 0) is 0 Å². The molecule has 3 heterocycles. The Labute approximate surface area is 169 Å². The lowest BCUT2D eigenvalue weighted by Crippen LogP contribution is -2.16. The van der Waals surface area contributed by atoms with E-state index in [9.17, 15) is 10.1 Å². The molecule has 0 unspecified atom stereocenters. The highest BCUT2D eigenvalue weighted by Gasteiger charge is 2.25. The Balaban J connectivity index is 2.03. The second-order valence-electron chi connectivity index (χ2n) is 6.21. The van der Waals surface area contributed by atoms with Crippen LogP contribution in [0.2, 0.25) is 0 Å². The van der Waals surface area contributed by atoms with E-state index in [1.165, 1.54) is 0 Å². The van der Waals surface area contributed by atoms with E-state index in [1.807, 2.05) is 36.4 Å². The number of nitrogen functional groups attached to an aromatic ring is 2. The molecule has 0 bridgehead atoms. The number of hydrogen-bond acceptors (Lipinski definition) is 8. The van der Waals surface area contributed by atoms with Gasteiger partial charge in [0.15, 0.2) is 0 Å². The zero-order valence-corrected chi connectivity index (χ0v) is 16.0. The van der Waals surface area contributed by atoms with Crippen LogP contribution in [0, 0.1) is 18.3 Å². The van der Waals surface area contributed by atoms with Gasteiger partial charge in [-0.05, 0) is 13.0 Å².